The summed E-state index contributed by atoms with van der Waals surface area (Å²) in [6.45, 7) is 0. The molecule has 2 aromatic carbocycles. The van der Waals surface area contributed by atoms with Crippen molar-refractivity contribution in [1.82, 2.24) is 0 Å². The van der Waals surface area contributed by atoms with E-state index in [0.29, 0.717) is 0 Å². The summed E-state index contributed by atoms with van der Waals surface area (Å²) in [5.41, 5.74) is 2.51. The first-order valence-corrected chi connectivity index (χ1v) is 7.33. The molecule has 2 heterocycles. The lowest BCUT2D eigenvalue weighted by Gasteiger charge is -1.98. The Labute approximate surface area is 142 Å². The minimum Gasteiger partial charge on any atom is -1.00 e. The summed E-state index contributed by atoms with van der Waals surface area (Å²) in [7, 11) is 2.12. The van der Waals surface area contributed by atoms with Gasteiger partial charge < -0.3 is 24.0 Å². The Balaban J connectivity index is 0.00000121. The Morgan fingerprint density at radius 1 is 1.00 bits per heavy atom. The molecule has 4 aromatic rings. The van der Waals surface area contributed by atoms with Crippen molar-refractivity contribution in [3.8, 4) is 0 Å². The van der Waals surface area contributed by atoms with Gasteiger partial charge in [-0.05, 0) is 30.3 Å². The van der Waals surface area contributed by atoms with Crippen LogP contribution in [0.2, 0.25) is 5.02 Å². The molecule has 0 bridgehead atoms. The summed E-state index contributed by atoms with van der Waals surface area (Å²) in [6.07, 6.45) is 0. The number of fused-ring (bicyclic) bond motifs is 4. The second-order valence-electron chi connectivity index (χ2n) is 4.72. The SMILES string of the molecule is C[n+]1c2ccccc2cc2sc3ccc(Cl)cc3c21.[I-]. The molecule has 0 atom stereocenters. The minimum absolute atomic E-state index is 0. The average molecular weight is 412 g/mol. The molecule has 4 heteroatoms. The Morgan fingerprint density at radius 3 is 2.65 bits per heavy atom. The number of hydrogen-bond acceptors (Lipinski definition) is 1. The van der Waals surface area contributed by atoms with Gasteiger partial charge in [0.25, 0.3) is 0 Å². The number of nitrogens with zero attached hydrogens (tertiary/aromatic N) is 1. The highest BCUT2D eigenvalue weighted by Crippen LogP contribution is 2.34. The fourth-order valence-corrected chi connectivity index (χ4v) is 4.04. The van der Waals surface area contributed by atoms with Crippen LogP contribution in [0.4, 0.5) is 0 Å². The van der Waals surface area contributed by atoms with Gasteiger partial charge >= 0.3 is 0 Å². The fourth-order valence-electron chi connectivity index (χ4n) is 2.70. The lowest BCUT2D eigenvalue weighted by Crippen LogP contribution is -3.00. The van der Waals surface area contributed by atoms with Crippen LogP contribution in [0.3, 0.4) is 0 Å². The van der Waals surface area contributed by atoms with E-state index in [4.69, 9.17) is 11.6 Å². The fraction of sp³-hybridized carbons (Fsp3) is 0.0625. The van der Waals surface area contributed by atoms with Crippen LogP contribution in [0.5, 0.6) is 0 Å². The van der Waals surface area contributed by atoms with Crippen molar-refractivity contribution in [3.05, 3.63) is 53.6 Å². The maximum absolute atomic E-state index is 6.14. The highest BCUT2D eigenvalue weighted by Gasteiger charge is 2.17. The highest BCUT2D eigenvalue weighted by atomic mass is 127. The number of rotatable bonds is 0. The van der Waals surface area contributed by atoms with Crippen molar-refractivity contribution >= 4 is 54.1 Å². The summed E-state index contributed by atoms with van der Waals surface area (Å²) in [5, 5.41) is 3.30. The van der Waals surface area contributed by atoms with Crippen LogP contribution in [-0.2, 0) is 7.05 Å². The van der Waals surface area contributed by atoms with Crippen molar-refractivity contribution in [3.63, 3.8) is 0 Å². The number of hydrogen-bond donors (Lipinski definition) is 0. The molecule has 20 heavy (non-hydrogen) atoms. The van der Waals surface area contributed by atoms with E-state index in [1.54, 1.807) is 0 Å². The first kappa shape index (κ1) is 14.0. The monoisotopic (exact) mass is 411 g/mol. The lowest BCUT2D eigenvalue weighted by atomic mass is 10.1. The zero-order valence-corrected chi connectivity index (χ0v) is 14.5. The maximum Gasteiger partial charge on any atom is 0.231 e. The number of thiophene rings is 1. The predicted octanol–water partition coefficient (Wildman–Crippen LogP) is 1.69. The van der Waals surface area contributed by atoms with Gasteiger partial charge in [-0.3, -0.25) is 0 Å². The number of aryl methyl sites for hydroxylation is 1. The molecule has 0 unspecified atom stereocenters. The van der Waals surface area contributed by atoms with Gasteiger partial charge in [-0.1, -0.05) is 23.7 Å². The van der Waals surface area contributed by atoms with Gasteiger partial charge in [-0.15, -0.1) is 11.3 Å². The van der Waals surface area contributed by atoms with Crippen LogP contribution in [0.15, 0.2) is 48.5 Å². The van der Waals surface area contributed by atoms with E-state index in [1.807, 2.05) is 17.4 Å². The molecule has 0 aliphatic heterocycles. The maximum atomic E-state index is 6.14. The van der Waals surface area contributed by atoms with Crippen LogP contribution in [-0.4, -0.2) is 0 Å². The van der Waals surface area contributed by atoms with Crippen LogP contribution >= 0.6 is 22.9 Å². The molecule has 0 saturated heterocycles. The molecule has 0 saturated carbocycles. The van der Waals surface area contributed by atoms with Gasteiger partial charge in [0, 0.05) is 21.2 Å². The summed E-state index contributed by atoms with van der Waals surface area (Å²) in [5.74, 6) is 0. The highest BCUT2D eigenvalue weighted by molar-refractivity contribution is 7.25. The molecule has 0 aliphatic rings. The van der Waals surface area contributed by atoms with E-state index in [1.165, 1.54) is 31.2 Å². The van der Waals surface area contributed by atoms with E-state index < -0.39 is 0 Å². The molecule has 100 valence electrons. The normalized spacial score (nSPS) is 11.1. The molecule has 1 nitrogen and oxygen atoms in total. The Hall–Kier alpha value is -0.910. The van der Waals surface area contributed by atoms with Gasteiger partial charge in [0.2, 0.25) is 11.0 Å². The summed E-state index contributed by atoms with van der Waals surface area (Å²) in [4.78, 5) is 0. The lowest BCUT2D eigenvalue weighted by molar-refractivity contribution is -0.616. The number of para-hydroxylation sites is 1. The molecular formula is C16H11ClINS. The van der Waals surface area contributed by atoms with Crippen LogP contribution in [0.25, 0.3) is 31.2 Å². The van der Waals surface area contributed by atoms with Crippen molar-refractivity contribution in [1.29, 1.82) is 0 Å². The van der Waals surface area contributed by atoms with Crippen LogP contribution in [0, 0.1) is 0 Å². The average Bonchev–Trinajstić information content (AvgIpc) is 2.76. The van der Waals surface area contributed by atoms with Gasteiger partial charge in [0.1, 0.15) is 11.7 Å². The minimum atomic E-state index is 0. The topological polar surface area (TPSA) is 3.88 Å². The molecule has 0 N–H and O–H groups in total. The molecule has 2 aromatic heterocycles. The third-order valence-corrected chi connectivity index (χ3v) is 4.91. The summed E-state index contributed by atoms with van der Waals surface area (Å²) >= 11 is 7.96. The van der Waals surface area contributed by atoms with E-state index in [2.05, 4.69) is 54.1 Å². The van der Waals surface area contributed by atoms with Crippen molar-refractivity contribution in [2.45, 2.75) is 0 Å². The van der Waals surface area contributed by atoms with E-state index >= 15 is 0 Å². The van der Waals surface area contributed by atoms with Crippen LogP contribution < -0.4 is 28.5 Å². The summed E-state index contributed by atoms with van der Waals surface area (Å²) < 4.78 is 4.85. The predicted molar refractivity (Wildman–Crippen MR) is 83.0 cm³/mol. The van der Waals surface area contributed by atoms with E-state index in [0.717, 1.165) is 5.02 Å². The van der Waals surface area contributed by atoms with E-state index in [9.17, 15) is 0 Å². The number of benzene rings is 2. The third kappa shape index (κ3) is 2.00. The zero-order chi connectivity index (χ0) is 13.0. The number of pyridine rings is 1. The zero-order valence-electron chi connectivity index (χ0n) is 10.7. The Bertz CT molecular complexity index is 945. The molecule has 4 rings (SSSR count). The molecule has 0 spiro atoms. The first-order valence-electron chi connectivity index (χ1n) is 6.13. The Kier molecular flexibility index (Phi) is 3.60. The molecule has 0 amide bonds. The van der Waals surface area contributed by atoms with Crippen molar-refractivity contribution in [2.24, 2.45) is 7.05 Å². The molecule has 0 fully saturated rings. The number of halogens is 2. The quantitative estimate of drug-likeness (QED) is 0.306. The molecular weight excluding hydrogens is 401 g/mol. The second-order valence-corrected chi connectivity index (χ2v) is 6.24. The van der Waals surface area contributed by atoms with Gasteiger partial charge in [0.15, 0.2) is 0 Å². The smallest absolute Gasteiger partial charge is 0.231 e. The standard InChI is InChI=1S/C16H11ClNS.HI/c1-18-13-5-3-2-4-10(13)8-15-16(18)12-9-11(17)6-7-14(12)19-15;/h2-9H,1H3;1H/q+1;/p-1. The van der Waals surface area contributed by atoms with Crippen molar-refractivity contribution in [2.75, 3.05) is 0 Å². The number of aromatic nitrogens is 1. The molecule has 0 radical (unpaired) electrons. The third-order valence-electron chi connectivity index (χ3n) is 3.57. The first-order chi connectivity index (χ1) is 9.24. The summed E-state index contributed by atoms with van der Waals surface area (Å²) in [6, 6.07) is 16.9. The van der Waals surface area contributed by atoms with E-state index in [-0.39, 0.29) is 24.0 Å². The van der Waals surface area contributed by atoms with Crippen LogP contribution in [0.1, 0.15) is 0 Å². The van der Waals surface area contributed by atoms with Crippen molar-refractivity contribution < 1.29 is 28.5 Å². The largest absolute Gasteiger partial charge is 1.00 e. The Morgan fingerprint density at radius 2 is 1.80 bits per heavy atom. The van der Waals surface area contributed by atoms with Gasteiger partial charge in [0.05, 0.1) is 5.39 Å². The van der Waals surface area contributed by atoms with Gasteiger partial charge in [-0.2, -0.15) is 4.57 Å². The molecule has 0 aliphatic carbocycles. The van der Waals surface area contributed by atoms with Gasteiger partial charge in [-0.25, -0.2) is 0 Å². The second kappa shape index (κ2) is 5.13.